The summed E-state index contributed by atoms with van der Waals surface area (Å²) in [5.41, 5.74) is 6.92. The van der Waals surface area contributed by atoms with Crippen LogP contribution in [0.3, 0.4) is 0 Å². The number of hydrogen-bond donors (Lipinski definition) is 2. The van der Waals surface area contributed by atoms with Crippen molar-refractivity contribution in [2.45, 2.75) is 25.3 Å². The molecule has 0 amide bonds. The summed E-state index contributed by atoms with van der Waals surface area (Å²) in [6, 6.07) is 8.23. The van der Waals surface area contributed by atoms with Crippen LogP contribution >= 0.6 is 15.9 Å². The van der Waals surface area contributed by atoms with E-state index < -0.39 is 0 Å². The second-order valence-electron chi connectivity index (χ2n) is 3.46. The quantitative estimate of drug-likeness (QED) is 0.849. The molecular weight excluding hydrogens is 242 g/mol. The fraction of sp³-hybridized carbons (Fsp3) is 0.455. The number of benzene rings is 1. The van der Waals surface area contributed by atoms with Crippen LogP contribution in [0, 0.1) is 0 Å². The minimum absolute atomic E-state index is 0.0644. The summed E-state index contributed by atoms with van der Waals surface area (Å²) in [5, 5.41) is 8.74. The number of aryl methyl sites for hydroxylation is 1. The van der Waals surface area contributed by atoms with Crippen LogP contribution in [0.5, 0.6) is 0 Å². The SMILES string of the molecule is NC(CO)CCCc1ccc(Br)cc1. The molecule has 1 unspecified atom stereocenters. The highest BCUT2D eigenvalue weighted by Crippen LogP contribution is 2.12. The predicted octanol–water partition coefficient (Wildman–Crippen LogP) is 2.09. The Hall–Kier alpha value is -0.380. The standard InChI is InChI=1S/C11H16BrNO/c12-10-6-4-9(5-7-10)2-1-3-11(13)8-14/h4-7,11,14H,1-3,8,13H2. The monoisotopic (exact) mass is 257 g/mol. The van der Waals surface area contributed by atoms with E-state index in [4.69, 9.17) is 10.8 Å². The van der Waals surface area contributed by atoms with E-state index >= 15 is 0 Å². The lowest BCUT2D eigenvalue weighted by atomic mass is 10.1. The van der Waals surface area contributed by atoms with Crippen molar-refractivity contribution in [2.75, 3.05) is 6.61 Å². The van der Waals surface area contributed by atoms with Gasteiger partial charge >= 0.3 is 0 Å². The minimum Gasteiger partial charge on any atom is -0.395 e. The topological polar surface area (TPSA) is 46.2 Å². The first-order chi connectivity index (χ1) is 6.72. The fourth-order valence-corrected chi connectivity index (χ4v) is 1.58. The van der Waals surface area contributed by atoms with Crippen molar-refractivity contribution in [2.24, 2.45) is 5.73 Å². The molecule has 14 heavy (non-hydrogen) atoms. The first-order valence-electron chi connectivity index (χ1n) is 4.83. The van der Waals surface area contributed by atoms with Gasteiger partial charge in [-0.15, -0.1) is 0 Å². The van der Waals surface area contributed by atoms with E-state index in [0.29, 0.717) is 0 Å². The number of nitrogens with two attached hydrogens (primary N) is 1. The Morgan fingerprint density at radius 3 is 2.50 bits per heavy atom. The smallest absolute Gasteiger partial charge is 0.0582 e. The van der Waals surface area contributed by atoms with E-state index in [-0.39, 0.29) is 12.6 Å². The largest absolute Gasteiger partial charge is 0.395 e. The van der Waals surface area contributed by atoms with Crippen LogP contribution < -0.4 is 5.73 Å². The highest BCUT2D eigenvalue weighted by molar-refractivity contribution is 9.10. The van der Waals surface area contributed by atoms with Gasteiger partial charge in [0.05, 0.1) is 6.61 Å². The summed E-state index contributed by atoms with van der Waals surface area (Å²) < 4.78 is 1.10. The van der Waals surface area contributed by atoms with Crippen molar-refractivity contribution >= 4 is 15.9 Å². The zero-order valence-corrected chi connectivity index (χ0v) is 9.70. The van der Waals surface area contributed by atoms with Gasteiger partial charge in [-0.1, -0.05) is 28.1 Å². The molecule has 0 saturated carbocycles. The van der Waals surface area contributed by atoms with Crippen LogP contribution in [0.25, 0.3) is 0 Å². The molecule has 78 valence electrons. The molecule has 0 spiro atoms. The average Bonchev–Trinajstić information content (AvgIpc) is 2.21. The van der Waals surface area contributed by atoms with E-state index in [1.54, 1.807) is 0 Å². The van der Waals surface area contributed by atoms with Crippen LogP contribution in [-0.2, 0) is 6.42 Å². The Morgan fingerprint density at radius 1 is 1.29 bits per heavy atom. The molecule has 1 atom stereocenters. The van der Waals surface area contributed by atoms with Gasteiger partial charge in [-0.3, -0.25) is 0 Å². The first kappa shape index (κ1) is 11.7. The fourth-order valence-electron chi connectivity index (χ4n) is 1.31. The lowest BCUT2D eigenvalue weighted by molar-refractivity contribution is 0.258. The maximum atomic E-state index is 8.74. The van der Waals surface area contributed by atoms with E-state index in [2.05, 4.69) is 28.1 Å². The Bertz CT molecular complexity index is 260. The third kappa shape index (κ3) is 4.22. The van der Waals surface area contributed by atoms with Crippen molar-refractivity contribution in [1.29, 1.82) is 0 Å². The molecule has 0 aliphatic heterocycles. The van der Waals surface area contributed by atoms with E-state index in [1.165, 1.54) is 5.56 Å². The summed E-state index contributed by atoms with van der Waals surface area (Å²) in [6.07, 6.45) is 2.94. The number of aliphatic hydroxyl groups excluding tert-OH is 1. The molecule has 0 radical (unpaired) electrons. The number of halogens is 1. The number of rotatable bonds is 5. The summed E-state index contributed by atoms with van der Waals surface area (Å²) in [5.74, 6) is 0. The van der Waals surface area contributed by atoms with Crippen LogP contribution in [0.2, 0.25) is 0 Å². The number of aliphatic hydroxyl groups is 1. The first-order valence-corrected chi connectivity index (χ1v) is 5.62. The minimum atomic E-state index is -0.0644. The van der Waals surface area contributed by atoms with E-state index in [1.807, 2.05) is 12.1 Å². The van der Waals surface area contributed by atoms with Gasteiger partial charge in [0.1, 0.15) is 0 Å². The molecule has 1 rings (SSSR count). The molecule has 0 saturated heterocycles. The molecule has 0 heterocycles. The Labute approximate surface area is 93.3 Å². The lowest BCUT2D eigenvalue weighted by Crippen LogP contribution is -2.24. The highest BCUT2D eigenvalue weighted by atomic mass is 79.9. The summed E-state index contributed by atoms with van der Waals surface area (Å²) in [4.78, 5) is 0. The van der Waals surface area contributed by atoms with Gasteiger partial charge in [0.2, 0.25) is 0 Å². The highest BCUT2D eigenvalue weighted by Gasteiger charge is 2.00. The third-order valence-corrected chi connectivity index (χ3v) is 2.72. The van der Waals surface area contributed by atoms with Crippen molar-refractivity contribution in [3.63, 3.8) is 0 Å². The maximum absolute atomic E-state index is 8.74. The van der Waals surface area contributed by atoms with Crippen molar-refractivity contribution in [3.05, 3.63) is 34.3 Å². The zero-order chi connectivity index (χ0) is 10.4. The summed E-state index contributed by atoms with van der Waals surface area (Å²) in [6.45, 7) is 0.0837. The normalized spacial score (nSPS) is 12.8. The summed E-state index contributed by atoms with van der Waals surface area (Å²) in [7, 11) is 0. The van der Waals surface area contributed by atoms with Gasteiger partial charge in [-0.05, 0) is 37.0 Å². The van der Waals surface area contributed by atoms with Gasteiger partial charge < -0.3 is 10.8 Å². The Kier molecular flexibility index (Phi) is 5.15. The van der Waals surface area contributed by atoms with E-state index in [0.717, 1.165) is 23.7 Å². The van der Waals surface area contributed by atoms with Crippen LogP contribution in [-0.4, -0.2) is 17.8 Å². The Morgan fingerprint density at radius 2 is 1.93 bits per heavy atom. The Balaban J connectivity index is 2.28. The molecule has 0 bridgehead atoms. The molecule has 0 aliphatic carbocycles. The van der Waals surface area contributed by atoms with Gasteiger partial charge in [0.15, 0.2) is 0 Å². The second-order valence-corrected chi connectivity index (χ2v) is 4.38. The van der Waals surface area contributed by atoms with Crippen LogP contribution in [0.1, 0.15) is 18.4 Å². The van der Waals surface area contributed by atoms with Gasteiger partial charge in [-0.2, -0.15) is 0 Å². The van der Waals surface area contributed by atoms with Crippen molar-refractivity contribution < 1.29 is 5.11 Å². The maximum Gasteiger partial charge on any atom is 0.0582 e. The summed E-state index contributed by atoms with van der Waals surface area (Å²) >= 11 is 3.39. The number of hydrogen-bond acceptors (Lipinski definition) is 2. The second kappa shape index (κ2) is 6.17. The molecule has 0 fully saturated rings. The van der Waals surface area contributed by atoms with Crippen molar-refractivity contribution in [1.82, 2.24) is 0 Å². The molecule has 0 aliphatic rings. The van der Waals surface area contributed by atoms with Crippen LogP contribution in [0.4, 0.5) is 0 Å². The molecule has 3 heteroatoms. The lowest BCUT2D eigenvalue weighted by Gasteiger charge is -2.07. The zero-order valence-electron chi connectivity index (χ0n) is 8.12. The predicted molar refractivity (Wildman–Crippen MR) is 62.1 cm³/mol. The van der Waals surface area contributed by atoms with Gasteiger partial charge in [0, 0.05) is 10.5 Å². The van der Waals surface area contributed by atoms with Crippen LogP contribution in [0.15, 0.2) is 28.7 Å². The molecule has 3 N–H and O–H groups in total. The third-order valence-electron chi connectivity index (χ3n) is 2.19. The molecule has 0 aromatic heterocycles. The van der Waals surface area contributed by atoms with Crippen molar-refractivity contribution in [3.8, 4) is 0 Å². The van der Waals surface area contributed by atoms with Gasteiger partial charge in [-0.25, -0.2) is 0 Å². The molecule has 1 aromatic carbocycles. The molecular formula is C11H16BrNO. The average molecular weight is 258 g/mol. The molecule has 1 aromatic rings. The van der Waals surface area contributed by atoms with Gasteiger partial charge in [0.25, 0.3) is 0 Å². The van der Waals surface area contributed by atoms with E-state index in [9.17, 15) is 0 Å². The molecule has 2 nitrogen and oxygen atoms in total.